The molecule has 12 heavy (non-hydrogen) atoms. The molecule has 0 bridgehead atoms. The minimum Gasteiger partial charge on any atom is -0.351 e. The van der Waals surface area contributed by atoms with Crippen molar-refractivity contribution in [3.8, 4) is 0 Å². The van der Waals surface area contributed by atoms with Crippen LogP contribution in [0.15, 0.2) is 12.7 Å². The Labute approximate surface area is 71.9 Å². The quantitative estimate of drug-likeness (QED) is 0.426. The first-order chi connectivity index (χ1) is 5.45. The van der Waals surface area contributed by atoms with E-state index in [0.717, 1.165) is 12.3 Å². The van der Waals surface area contributed by atoms with Crippen LogP contribution < -0.4 is 10.0 Å². The third-order valence-electron chi connectivity index (χ3n) is 0.974. The molecule has 0 unspecified atom stereocenters. The van der Waals surface area contributed by atoms with Crippen LogP contribution in [0.25, 0.3) is 0 Å². The van der Waals surface area contributed by atoms with Gasteiger partial charge in [-0.05, 0) is 6.08 Å². The standard InChI is InChI=1S/C6H12N2O3S/c1-3-6(9)7-4-5-8-12(2,10)11/h3,8H,1,4-5H2,2H3,(H,7,9). The van der Waals surface area contributed by atoms with E-state index in [1.54, 1.807) is 0 Å². The summed E-state index contributed by atoms with van der Waals surface area (Å²) in [5, 5.41) is 2.42. The predicted molar refractivity (Wildman–Crippen MR) is 46.1 cm³/mol. The van der Waals surface area contributed by atoms with Gasteiger partial charge in [-0.1, -0.05) is 6.58 Å². The van der Waals surface area contributed by atoms with Gasteiger partial charge in [-0.2, -0.15) is 0 Å². The molecule has 0 aromatic carbocycles. The lowest BCUT2D eigenvalue weighted by Gasteiger charge is -2.02. The van der Waals surface area contributed by atoms with Gasteiger partial charge in [0, 0.05) is 13.1 Å². The number of hydrogen-bond donors (Lipinski definition) is 2. The zero-order valence-corrected chi connectivity index (χ0v) is 7.65. The molecule has 0 fully saturated rings. The molecule has 0 aromatic rings. The van der Waals surface area contributed by atoms with Crippen molar-refractivity contribution >= 4 is 15.9 Å². The van der Waals surface area contributed by atoms with Gasteiger partial charge in [0.2, 0.25) is 15.9 Å². The van der Waals surface area contributed by atoms with Crippen LogP contribution in [0.1, 0.15) is 0 Å². The largest absolute Gasteiger partial charge is 0.351 e. The highest BCUT2D eigenvalue weighted by atomic mass is 32.2. The number of amides is 1. The van der Waals surface area contributed by atoms with Crippen LogP contribution in [0.3, 0.4) is 0 Å². The molecule has 0 rings (SSSR count). The molecule has 6 heteroatoms. The van der Waals surface area contributed by atoms with Crippen LogP contribution in [0.5, 0.6) is 0 Å². The fourth-order valence-corrected chi connectivity index (χ4v) is 0.967. The normalized spacial score (nSPS) is 10.8. The molecule has 70 valence electrons. The van der Waals surface area contributed by atoms with Gasteiger partial charge in [0.15, 0.2) is 0 Å². The molecule has 0 radical (unpaired) electrons. The SMILES string of the molecule is C=CC(=O)NCCNS(C)(=O)=O. The summed E-state index contributed by atoms with van der Waals surface area (Å²) in [7, 11) is -3.16. The summed E-state index contributed by atoms with van der Waals surface area (Å²) in [5.41, 5.74) is 0. The highest BCUT2D eigenvalue weighted by molar-refractivity contribution is 7.88. The molecule has 0 heterocycles. The second-order valence-corrected chi connectivity index (χ2v) is 3.99. The molecule has 0 aliphatic carbocycles. The van der Waals surface area contributed by atoms with Crippen LogP contribution >= 0.6 is 0 Å². The topological polar surface area (TPSA) is 75.3 Å². The first-order valence-corrected chi connectivity index (χ1v) is 5.20. The maximum atomic E-state index is 10.5. The highest BCUT2D eigenvalue weighted by Gasteiger charge is 1.98. The maximum Gasteiger partial charge on any atom is 0.243 e. The van der Waals surface area contributed by atoms with Gasteiger partial charge in [0.1, 0.15) is 0 Å². The van der Waals surface area contributed by atoms with Crippen molar-refractivity contribution < 1.29 is 13.2 Å². The number of carbonyl (C=O) groups excluding carboxylic acids is 1. The lowest BCUT2D eigenvalue weighted by Crippen LogP contribution is -2.33. The van der Waals surface area contributed by atoms with E-state index in [0.29, 0.717) is 0 Å². The van der Waals surface area contributed by atoms with Crippen molar-refractivity contribution in [3.63, 3.8) is 0 Å². The maximum absolute atomic E-state index is 10.5. The average molecular weight is 192 g/mol. The van der Waals surface area contributed by atoms with Crippen molar-refractivity contribution in [1.29, 1.82) is 0 Å². The Balaban J connectivity index is 3.47. The van der Waals surface area contributed by atoms with Crippen LogP contribution in [-0.4, -0.2) is 33.7 Å². The van der Waals surface area contributed by atoms with Gasteiger partial charge < -0.3 is 5.32 Å². The highest BCUT2D eigenvalue weighted by Crippen LogP contribution is 1.71. The van der Waals surface area contributed by atoms with Gasteiger partial charge in [0.25, 0.3) is 0 Å². The summed E-state index contributed by atoms with van der Waals surface area (Å²) in [6.07, 6.45) is 2.18. The Bertz CT molecular complexity index is 258. The zero-order valence-electron chi connectivity index (χ0n) is 6.83. The molecule has 0 aliphatic rings. The molecule has 0 aliphatic heterocycles. The molecular weight excluding hydrogens is 180 g/mol. The molecule has 0 saturated heterocycles. The molecule has 1 amide bonds. The van der Waals surface area contributed by atoms with E-state index in [1.807, 2.05) is 0 Å². The third-order valence-corrected chi connectivity index (χ3v) is 1.70. The zero-order chi connectivity index (χ0) is 9.61. The van der Waals surface area contributed by atoms with Gasteiger partial charge >= 0.3 is 0 Å². The van der Waals surface area contributed by atoms with Gasteiger partial charge in [0.05, 0.1) is 6.26 Å². The Morgan fingerprint density at radius 2 is 2.08 bits per heavy atom. The minimum atomic E-state index is -3.16. The van der Waals surface area contributed by atoms with Crippen molar-refractivity contribution in [3.05, 3.63) is 12.7 Å². The summed E-state index contributed by atoms with van der Waals surface area (Å²) in [6.45, 7) is 3.69. The Kier molecular flexibility index (Phi) is 4.53. The Morgan fingerprint density at radius 3 is 2.50 bits per heavy atom. The number of nitrogens with one attached hydrogen (secondary N) is 2. The van der Waals surface area contributed by atoms with E-state index in [9.17, 15) is 13.2 Å². The molecule has 0 saturated carbocycles. The fourth-order valence-electron chi connectivity index (χ4n) is 0.494. The number of rotatable bonds is 5. The number of sulfonamides is 1. The summed E-state index contributed by atoms with van der Waals surface area (Å²) in [5.74, 6) is -0.315. The smallest absolute Gasteiger partial charge is 0.243 e. The van der Waals surface area contributed by atoms with Crippen LogP contribution in [-0.2, 0) is 14.8 Å². The first-order valence-electron chi connectivity index (χ1n) is 3.30. The molecule has 2 N–H and O–H groups in total. The Hall–Kier alpha value is -0.880. The lowest BCUT2D eigenvalue weighted by atomic mass is 10.5. The average Bonchev–Trinajstić information content (AvgIpc) is 1.96. The van der Waals surface area contributed by atoms with Crippen molar-refractivity contribution in [2.45, 2.75) is 0 Å². The summed E-state index contributed by atoms with van der Waals surface area (Å²) in [6, 6.07) is 0. The van der Waals surface area contributed by atoms with E-state index in [-0.39, 0.29) is 19.0 Å². The summed E-state index contributed by atoms with van der Waals surface area (Å²) < 4.78 is 23.2. The van der Waals surface area contributed by atoms with E-state index in [4.69, 9.17) is 0 Å². The van der Waals surface area contributed by atoms with Gasteiger partial charge in [-0.3, -0.25) is 4.79 Å². The fraction of sp³-hybridized carbons (Fsp3) is 0.500. The second kappa shape index (κ2) is 4.89. The minimum absolute atomic E-state index is 0.193. The van der Waals surface area contributed by atoms with E-state index < -0.39 is 10.0 Å². The van der Waals surface area contributed by atoms with Crippen LogP contribution in [0.2, 0.25) is 0 Å². The van der Waals surface area contributed by atoms with E-state index >= 15 is 0 Å². The Morgan fingerprint density at radius 1 is 1.50 bits per heavy atom. The van der Waals surface area contributed by atoms with Crippen LogP contribution in [0, 0.1) is 0 Å². The predicted octanol–water partition coefficient (Wildman–Crippen LogP) is -1.16. The first kappa shape index (κ1) is 11.1. The third kappa shape index (κ3) is 7.23. The molecular formula is C6H12N2O3S. The molecule has 0 atom stereocenters. The molecule has 0 spiro atoms. The number of hydrogen-bond acceptors (Lipinski definition) is 3. The number of carbonyl (C=O) groups is 1. The lowest BCUT2D eigenvalue weighted by molar-refractivity contribution is -0.116. The molecule has 5 nitrogen and oxygen atoms in total. The summed E-state index contributed by atoms with van der Waals surface area (Å²) in [4.78, 5) is 10.5. The van der Waals surface area contributed by atoms with Crippen LogP contribution in [0.4, 0.5) is 0 Å². The van der Waals surface area contributed by atoms with Gasteiger partial charge in [-0.15, -0.1) is 0 Å². The van der Waals surface area contributed by atoms with E-state index in [2.05, 4.69) is 16.6 Å². The summed E-state index contributed by atoms with van der Waals surface area (Å²) >= 11 is 0. The van der Waals surface area contributed by atoms with Gasteiger partial charge in [-0.25, -0.2) is 13.1 Å². The second-order valence-electron chi connectivity index (χ2n) is 2.16. The van der Waals surface area contributed by atoms with Crippen molar-refractivity contribution in [2.75, 3.05) is 19.3 Å². The molecule has 0 aromatic heterocycles. The monoisotopic (exact) mass is 192 g/mol. The van der Waals surface area contributed by atoms with Crippen molar-refractivity contribution in [1.82, 2.24) is 10.0 Å². The van der Waals surface area contributed by atoms with E-state index in [1.165, 1.54) is 0 Å². The van der Waals surface area contributed by atoms with Crippen molar-refractivity contribution in [2.24, 2.45) is 0 Å².